The highest BCUT2D eigenvalue weighted by atomic mass is 35.5. The number of hydrogen-bond acceptors (Lipinski definition) is 7. The number of rotatable bonds is 10. The second-order valence-electron chi connectivity index (χ2n) is 10.3. The van der Waals surface area contributed by atoms with Gasteiger partial charge < -0.3 is 9.47 Å². The maximum absolute atomic E-state index is 13.7. The summed E-state index contributed by atoms with van der Waals surface area (Å²) in [4.78, 5) is 38.9. The van der Waals surface area contributed by atoms with Crippen molar-refractivity contribution in [2.45, 2.75) is 26.9 Å². The van der Waals surface area contributed by atoms with E-state index in [2.05, 4.69) is 0 Å². The molecule has 2 amide bonds. The lowest BCUT2D eigenvalue weighted by Gasteiger charge is -2.27. The highest BCUT2D eigenvalue weighted by Gasteiger charge is 2.35. The van der Waals surface area contributed by atoms with Crippen LogP contribution in [0.25, 0.3) is 23.0 Å². The molecule has 1 aliphatic heterocycles. The van der Waals surface area contributed by atoms with E-state index in [1.54, 1.807) is 23.9 Å². The average molecular weight is 621 g/mol. The molecule has 9 nitrogen and oxygen atoms in total. The SMILES string of the molecule is CC(=O)OCCCN1C(=O)C(C#N)=C(C)/C(=C\c2cn(-c3ccccc3)nc2-c2cccc(OCc3ccc(Cl)cc3)c2)C1=O. The van der Waals surface area contributed by atoms with Crippen LogP contribution in [0.15, 0.2) is 102 Å². The minimum atomic E-state index is -0.675. The predicted octanol–water partition coefficient (Wildman–Crippen LogP) is 6.32. The van der Waals surface area contributed by atoms with E-state index in [4.69, 9.17) is 26.2 Å². The fourth-order valence-corrected chi connectivity index (χ4v) is 4.96. The summed E-state index contributed by atoms with van der Waals surface area (Å²) in [7, 11) is 0. The number of ether oxygens (including phenoxy) is 2. The molecule has 0 saturated carbocycles. The summed E-state index contributed by atoms with van der Waals surface area (Å²) in [6, 6.07) is 26.4. The number of aromatic nitrogens is 2. The topological polar surface area (TPSA) is 115 Å². The van der Waals surface area contributed by atoms with Crippen molar-refractivity contribution in [1.29, 1.82) is 5.26 Å². The summed E-state index contributed by atoms with van der Waals surface area (Å²) in [6.45, 7) is 3.24. The van der Waals surface area contributed by atoms with Gasteiger partial charge in [-0.15, -0.1) is 0 Å². The lowest BCUT2D eigenvalue weighted by molar-refractivity contribution is -0.141. The molecular weight excluding hydrogens is 592 g/mol. The third kappa shape index (κ3) is 7.20. The molecule has 0 spiro atoms. The number of amides is 2. The van der Waals surface area contributed by atoms with E-state index in [1.165, 1.54) is 6.92 Å². The number of esters is 1. The maximum atomic E-state index is 13.7. The Morgan fingerprint density at radius 3 is 2.49 bits per heavy atom. The molecule has 0 bridgehead atoms. The Morgan fingerprint density at radius 2 is 1.78 bits per heavy atom. The molecule has 0 atom stereocenters. The quantitative estimate of drug-likeness (QED) is 0.0882. The molecule has 226 valence electrons. The number of carbonyl (C=O) groups excluding carboxylic acids is 3. The standard InChI is InChI=1S/C35H29ClN4O5/c1-23-31(34(42)39(35(43)32(23)20-37)16-7-17-44-24(2)41)19-27-21-40(29-9-4-3-5-10-29)38-33(27)26-8-6-11-30(18-26)45-22-25-12-14-28(36)15-13-25/h3-6,8-15,18-19,21H,7,16-17,22H2,1-2H3/b31-19+. The smallest absolute Gasteiger partial charge is 0.302 e. The predicted molar refractivity (Wildman–Crippen MR) is 169 cm³/mol. The van der Waals surface area contributed by atoms with E-state index in [0.29, 0.717) is 28.6 Å². The average Bonchev–Trinajstić information content (AvgIpc) is 3.47. The van der Waals surface area contributed by atoms with Gasteiger partial charge in [0.1, 0.15) is 29.7 Å². The van der Waals surface area contributed by atoms with Crippen molar-refractivity contribution < 1.29 is 23.9 Å². The number of imide groups is 1. The third-order valence-electron chi connectivity index (χ3n) is 7.15. The van der Waals surface area contributed by atoms with Crippen LogP contribution in [0.1, 0.15) is 31.4 Å². The van der Waals surface area contributed by atoms with Gasteiger partial charge in [0.25, 0.3) is 11.8 Å². The molecule has 5 rings (SSSR count). The Hall–Kier alpha value is -5.46. The van der Waals surface area contributed by atoms with Crippen LogP contribution in [-0.2, 0) is 25.7 Å². The molecule has 2 heterocycles. The van der Waals surface area contributed by atoms with Crippen molar-refractivity contribution in [2.24, 2.45) is 0 Å². The van der Waals surface area contributed by atoms with E-state index >= 15 is 0 Å². The molecule has 1 aromatic heterocycles. The van der Waals surface area contributed by atoms with Gasteiger partial charge in [-0.1, -0.05) is 54.1 Å². The molecule has 10 heteroatoms. The van der Waals surface area contributed by atoms with Crippen LogP contribution in [0.4, 0.5) is 0 Å². The Morgan fingerprint density at radius 1 is 1.02 bits per heavy atom. The van der Waals surface area contributed by atoms with Crippen LogP contribution in [-0.4, -0.2) is 45.6 Å². The van der Waals surface area contributed by atoms with Gasteiger partial charge in [-0.3, -0.25) is 19.3 Å². The summed E-state index contributed by atoms with van der Waals surface area (Å²) in [5.74, 6) is -1.05. The van der Waals surface area contributed by atoms with Crippen molar-refractivity contribution in [3.8, 4) is 28.8 Å². The maximum Gasteiger partial charge on any atom is 0.302 e. The molecule has 0 fully saturated rings. The number of benzene rings is 3. The monoisotopic (exact) mass is 620 g/mol. The van der Waals surface area contributed by atoms with Crippen molar-refractivity contribution in [3.63, 3.8) is 0 Å². The summed E-state index contributed by atoms with van der Waals surface area (Å²) in [6.07, 6.45) is 3.69. The summed E-state index contributed by atoms with van der Waals surface area (Å²) < 4.78 is 12.7. The number of halogens is 1. The van der Waals surface area contributed by atoms with Crippen LogP contribution < -0.4 is 4.74 Å². The van der Waals surface area contributed by atoms with Crippen molar-refractivity contribution in [1.82, 2.24) is 14.7 Å². The first-order valence-electron chi connectivity index (χ1n) is 14.2. The zero-order valence-electron chi connectivity index (χ0n) is 24.7. The summed E-state index contributed by atoms with van der Waals surface area (Å²) in [5, 5.41) is 15.3. The minimum Gasteiger partial charge on any atom is -0.489 e. The van der Waals surface area contributed by atoms with Gasteiger partial charge >= 0.3 is 5.97 Å². The van der Waals surface area contributed by atoms with Gasteiger partial charge in [0.05, 0.1) is 12.3 Å². The molecule has 0 aliphatic carbocycles. The number of para-hydroxylation sites is 1. The Balaban J connectivity index is 1.53. The lowest BCUT2D eigenvalue weighted by atomic mass is 9.93. The number of nitrogens with zero attached hydrogens (tertiary/aromatic N) is 4. The molecule has 45 heavy (non-hydrogen) atoms. The largest absolute Gasteiger partial charge is 0.489 e. The fourth-order valence-electron chi connectivity index (χ4n) is 4.84. The summed E-state index contributed by atoms with van der Waals surface area (Å²) >= 11 is 6.01. The first kappa shape index (κ1) is 31.0. The Bertz CT molecular complexity index is 1850. The first-order valence-corrected chi connectivity index (χ1v) is 14.6. The molecule has 3 aromatic carbocycles. The van der Waals surface area contributed by atoms with Crippen LogP contribution in [0.3, 0.4) is 0 Å². The molecule has 0 unspecified atom stereocenters. The van der Waals surface area contributed by atoms with Crippen molar-refractivity contribution in [2.75, 3.05) is 13.2 Å². The van der Waals surface area contributed by atoms with E-state index in [0.717, 1.165) is 21.7 Å². The second kappa shape index (κ2) is 13.9. The molecule has 0 saturated heterocycles. The Kier molecular flexibility index (Phi) is 9.56. The van der Waals surface area contributed by atoms with Gasteiger partial charge in [-0.05, 0) is 67.0 Å². The third-order valence-corrected chi connectivity index (χ3v) is 7.40. The molecule has 1 aliphatic rings. The molecule has 0 radical (unpaired) electrons. The van der Waals surface area contributed by atoms with Gasteiger partial charge in [0, 0.05) is 41.4 Å². The van der Waals surface area contributed by atoms with Gasteiger partial charge in [0.2, 0.25) is 0 Å². The van der Waals surface area contributed by atoms with E-state index in [1.807, 2.05) is 84.9 Å². The van der Waals surface area contributed by atoms with E-state index < -0.39 is 17.8 Å². The minimum absolute atomic E-state index is 0.0100. The number of nitriles is 1. The van der Waals surface area contributed by atoms with Gasteiger partial charge in [0.15, 0.2) is 0 Å². The van der Waals surface area contributed by atoms with Crippen LogP contribution in [0, 0.1) is 11.3 Å². The zero-order chi connectivity index (χ0) is 31.9. The van der Waals surface area contributed by atoms with E-state index in [9.17, 15) is 19.6 Å². The fraction of sp³-hybridized carbons (Fsp3) is 0.171. The van der Waals surface area contributed by atoms with Crippen LogP contribution in [0.2, 0.25) is 5.02 Å². The van der Waals surface area contributed by atoms with Crippen molar-refractivity contribution in [3.05, 3.63) is 118 Å². The van der Waals surface area contributed by atoms with Crippen LogP contribution >= 0.6 is 11.6 Å². The summed E-state index contributed by atoms with van der Waals surface area (Å²) in [5.41, 5.74) is 4.03. The first-order chi connectivity index (χ1) is 21.7. The normalized spacial score (nSPS) is 14.1. The highest BCUT2D eigenvalue weighted by Crippen LogP contribution is 2.32. The number of hydrogen-bond donors (Lipinski definition) is 0. The highest BCUT2D eigenvalue weighted by molar-refractivity contribution is 6.30. The van der Waals surface area contributed by atoms with Gasteiger partial charge in [-0.2, -0.15) is 10.4 Å². The zero-order valence-corrected chi connectivity index (χ0v) is 25.5. The lowest BCUT2D eigenvalue weighted by Crippen LogP contribution is -2.43. The van der Waals surface area contributed by atoms with Gasteiger partial charge in [-0.25, -0.2) is 4.68 Å². The van der Waals surface area contributed by atoms with E-state index in [-0.39, 0.29) is 36.3 Å². The molecular formula is C35H29ClN4O5. The van der Waals surface area contributed by atoms with Crippen LogP contribution in [0.5, 0.6) is 5.75 Å². The molecule has 4 aromatic rings. The number of carbonyl (C=O) groups is 3. The van der Waals surface area contributed by atoms with Crippen molar-refractivity contribution >= 4 is 35.5 Å². The molecule has 0 N–H and O–H groups in total. The Labute approximate surface area is 265 Å². The second-order valence-corrected chi connectivity index (χ2v) is 10.7.